The molecule has 0 spiro atoms. The molecule has 4 aromatic carbocycles. The average molecular weight is 753 g/mol. The number of fused-ring (bicyclic) bond motifs is 2. The maximum absolute atomic E-state index is 12.7. The summed E-state index contributed by atoms with van der Waals surface area (Å²) in [6.45, 7) is 7.91. The molecule has 2 atom stereocenters. The van der Waals surface area contributed by atoms with Gasteiger partial charge in [0.05, 0.1) is 21.1 Å². The van der Waals surface area contributed by atoms with Crippen LogP contribution in [0.1, 0.15) is 39.5 Å². The number of carbonyl (C=O) groups is 2. The normalized spacial score (nSPS) is 17.2. The first-order chi connectivity index (χ1) is 25.7. The van der Waals surface area contributed by atoms with Crippen LogP contribution in [0.5, 0.6) is 0 Å². The molecule has 6 aromatic rings. The van der Waals surface area contributed by atoms with E-state index in [0.717, 1.165) is 76.5 Å². The van der Waals surface area contributed by atoms with Crippen molar-refractivity contribution in [1.29, 1.82) is 0 Å². The van der Waals surface area contributed by atoms with Gasteiger partial charge in [-0.2, -0.15) is 10.2 Å². The van der Waals surface area contributed by atoms with Gasteiger partial charge in [-0.25, -0.2) is 9.59 Å². The first-order valence-corrected chi connectivity index (χ1v) is 18.8. The summed E-state index contributed by atoms with van der Waals surface area (Å²) in [6, 6.07) is 27.6. The van der Waals surface area contributed by atoms with Crippen molar-refractivity contribution in [1.82, 2.24) is 35.5 Å². The van der Waals surface area contributed by atoms with E-state index in [1.165, 1.54) is 12.8 Å². The lowest BCUT2D eigenvalue weighted by molar-refractivity contribution is 0.194. The van der Waals surface area contributed by atoms with E-state index in [1.807, 2.05) is 89.8 Å². The summed E-state index contributed by atoms with van der Waals surface area (Å²) in [5, 5.41) is 26.1. The number of H-pyrrole nitrogens is 2. The van der Waals surface area contributed by atoms with E-state index in [9.17, 15) is 9.59 Å². The van der Waals surface area contributed by atoms with Gasteiger partial charge in [0.1, 0.15) is 0 Å². The molecule has 13 heteroatoms. The second-order valence-corrected chi connectivity index (χ2v) is 14.5. The molecule has 0 saturated carbocycles. The molecule has 8 rings (SSSR count). The lowest BCUT2D eigenvalue weighted by atomic mass is 10.0. The predicted octanol–water partition coefficient (Wildman–Crippen LogP) is 9.39. The highest BCUT2D eigenvalue weighted by Crippen LogP contribution is 2.36. The Morgan fingerprint density at radius 2 is 1.23 bits per heavy atom. The maximum atomic E-state index is 12.7. The molecule has 2 unspecified atom stereocenters. The summed E-state index contributed by atoms with van der Waals surface area (Å²) in [6.07, 6.45) is 4.56. The number of urea groups is 2. The third-order valence-electron chi connectivity index (χ3n) is 10.0. The molecular weight excluding hydrogens is 709 g/mol. The Morgan fingerprint density at radius 1 is 0.736 bits per heavy atom. The number of aromatic amines is 2. The summed E-state index contributed by atoms with van der Waals surface area (Å²) in [5.74, 6) is 1.03. The maximum Gasteiger partial charge on any atom is 0.323 e. The first kappa shape index (κ1) is 36.3. The number of likely N-dealkylation sites (tertiary alicyclic amines) is 2. The fraction of sp³-hybridized carbons (Fsp3) is 0.300. The zero-order chi connectivity index (χ0) is 36.9. The van der Waals surface area contributed by atoms with Crippen molar-refractivity contribution in [2.75, 3.05) is 36.8 Å². The molecule has 0 radical (unpaired) electrons. The van der Waals surface area contributed by atoms with Gasteiger partial charge in [0, 0.05) is 47.1 Å². The number of rotatable bonds is 7. The zero-order valence-corrected chi connectivity index (χ0v) is 31.3. The van der Waals surface area contributed by atoms with E-state index in [1.54, 1.807) is 0 Å². The molecule has 2 aromatic heterocycles. The number of nitrogens with zero attached hydrogens (tertiary/aromatic N) is 4. The molecule has 274 valence electrons. The quantitative estimate of drug-likeness (QED) is 0.111. The summed E-state index contributed by atoms with van der Waals surface area (Å²) < 4.78 is 0. The molecule has 4 amide bonds. The highest BCUT2D eigenvalue weighted by atomic mass is 35.5. The molecular formula is C40H43Cl2N9O2. The lowest BCUT2D eigenvalue weighted by Gasteiger charge is -2.26. The van der Waals surface area contributed by atoms with Crippen LogP contribution in [0.2, 0.25) is 10.0 Å². The number of benzene rings is 4. The van der Waals surface area contributed by atoms with Crippen LogP contribution in [0.25, 0.3) is 44.1 Å². The highest BCUT2D eigenvalue weighted by Gasteiger charge is 2.32. The van der Waals surface area contributed by atoms with E-state index in [4.69, 9.17) is 23.2 Å². The van der Waals surface area contributed by atoms with Crippen molar-refractivity contribution in [2.24, 2.45) is 0 Å². The average Bonchev–Trinajstić information content (AvgIpc) is 3.97. The molecule has 2 saturated heterocycles. The lowest BCUT2D eigenvalue weighted by Crippen LogP contribution is -2.41. The minimum Gasteiger partial charge on any atom is -0.337 e. The van der Waals surface area contributed by atoms with Crippen LogP contribution < -0.4 is 16.0 Å². The molecule has 0 bridgehead atoms. The van der Waals surface area contributed by atoms with E-state index in [2.05, 4.69) is 55.1 Å². The minimum absolute atomic E-state index is 0.105. The van der Waals surface area contributed by atoms with Gasteiger partial charge in [-0.05, 0) is 88.0 Å². The van der Waals surface area contributed by atoms with Gasteiger partial charge in [-0.15, -0.1) is 0 Å². The monoisotopic (exact) mass is 751 g/mol. The predicted molar refractivity (Wildman–Crippen MR) is 215 cm³/mol. The highest BCUT2D eigenvalue weighted by molar-refractivity contribution is 6.34. The van der Waals surface area contributed by atoms with Gasteiger partial charge in [0.2, 0.25) is 0 Å². The van der Waals surface area contributed by atoms with E-state index >= 15 is 0 Å². The zero-order valence-electron chi connectivity index (χ0n) is 29.8. The van der Waals surface area contributed by atoms with Crippen molar-refractivity contribution in [2.45, 2.75) is 51.6 Å². The van der Waals surface area contributed by atoms with Crippen molar-refractivity contribution in [3.05, 3.63) is 95.0 Å². The number of amides is 4. The molecule has 11 nitrogen and oxygen atoms in total. The number of anilines is 2. The van der Waals surface area contributed by atoms with Gasteiger partial charge in [-0.1, -0.05) is 83.9 Å². The smallest absolute Gasteiger partial charge is 0.323 e. The van der Waals surface area contributed by atoms with Crippen LogP contribution >= 0.6 is 23.2 Å². The number of aromatic nitrogens is 4. The number of nitrogens with one attached hydrogen (secondary N) is 5. The molecule has 53 heavy (non-hydrogen) atoms. The molecule has 0 aliphatic carbocycles. The van der Waals surface area contributed by atoms with E-state index in [-0.39, 0.29) is 24.1 Å². The van der Waals surface area contributed by atoms with Crippen LogP contribution in [-0.4, -0.2) is 80.5 Å². The Morgan fingerprint density at radius 3 is 1.74 bits per heavy atom. The van der Waals surface area contributed by atoms with Crippen molar-refractivity contribution < 1.29 is 9.59 Å². The molecule has 2 fully saturated rings. The molecule has 2 aliphatic rings. The topological polar surface area (TPSA) is 134 Å². The molecule has 2 aliphatic heterocycles. The standard InChI is InChI=1S/C20H22ClN5O.C20H21ClN4O/c21-17-13-18-16(12-15(17)14-6-2-1-3-7-14)19(25-24-18)23-20(27)22-8-11-26-9-4-5-10-26;1-12-8-9-13(2)25(12)20(26)22-19-16-10-15(14-6-4-3-5-7-14)17(21)11-18(16)23-24-19/h1-3,6-7,12-13H,4-5,8-11H2,(H3,22,23,24,25,27);3-7,10-13H,8-9H2,1-2H3,(H2,22,23,24,26). The number of carbonyl (C=O) groups excluding carboxylic acids is 2. The Hall–Kier alpha value is -5.10. The summed E-state index contributed by atoms with van der Waals surface area (Å²) in [5.41, 5.74) is 5.45. The second-order valence-electron chi connectivity index (χ2n) is 13.7. The van der Waals surface area contributed by atoms with Gasteiger partial charge < -0.3 is 15.1 Å². The molecule has 5 N–H and O–H groups in total. The van der Waals surface area contributed by atoms with Gasteiger partial charge in [0.15, 0.2) is 11.6 Å². The third-order valence-corrected chi connectivity index (χ3v) is 10.7. The van der Waals surface area contributed by atoms with Gasteiger partial charge in [0.25, 0.3) is 0 Å². The van der Waals surface area contributed by atoms with Crippen LogP contribution in [0.15, 0.2) is 84.9 Å². The Labute approximate surface area is 318 Å². The Kier molecular flexibility index (Phi) is 11.1. The summed E-state index contributed by atoms with van der Waals surface area (Å²) in [4.78, 5) is 29.2. The second kappa shape index (κ2) is 16.3. The summed E-state index contributed by atoms with van der Waals surface area (Å²) >= 11 is 12.9. The van der Waals surface area contributed by atoms with Crippen molar-refractivity contribution in [3.63, 3.8) is 0 Å². The Balaban J connectivity index is 0.000000164. The fourth-order valence-electron chi connectivity index (χ4n) is 7.19. The minimum atomic E-state index is -0.251. The van der Waals surface area contributed by atoms with Crippen molar-refractivity contribution in [3.8, 4) is 22.3 Å². The first-order valence-electron chi connectivity index (χ1n) is 18.1. The largest absolute Gasteiger partial charge is 0.337 e. The van der Waals surface area contributed by atoms with Gasteiger partial charge in [-0.3, -0.25) is 20.8 Å². The van der Waals surface area contributed by atoms with Crippen LogP contribution in [0, 0.1) is 0 Å². The van der Waals surface area contributed by atoms with Gasteiger partial charge >= 0.3 is 12.1 Å². The van der Waals surface area contributed by atoms with Crippen LogP contribution in [-0.2, 0) is 0 Å². The van der Waals surface area contributed by atoms with Crippen LogP contribution in [0.4, 0.5) is 21.2 Å². The van der Waals surface area contributed by atoms with E-state index in [0.29, 0.717) is 28.2 Å². The summed E-state index contributed by atoms with van der Waals surface area (Å²) in [7, 11) is 0. The third kappa shape index (κ3) is 8.27. The fourth-order valence-corrected chi connectivity index (χ4v) is 7.74. The van der Waals surface area contributed by atoms with Crippen molar-refractivity contribution >= 4 is 68.7 Å². The molecule has 4 heterocycles. The van der Waals surface area contributed by atoms with E-state index < -0.39 is 0 Å². The Bertz CT molecular complexity index is 2190. The number of hydrogen-bond acceptors (Lipinski definition) is 5. The van der Waals surface area contributed by atoms with Crippen LogP contribution in [0.3, 0.4) is 0 Å². The number of hydrogen-bond donors (Lipinski definition) is 5. The number of halogens is 2. The SMILES string of the molecule is CC1CCC(C)N1C(=O)Nc1n[nH]c2cc(Cl)c(-c3ccccc3)cc12.O=C(NCCN1CCCC1)Nc1n[nH]c2cc(Cl)c(-c3ccccc3)cc12.